The predicted molar refractivity (Wildman–Crippen MR) is 106 cm³/mol. The molecule has 28 heavy (non-hydrogen) atoms. The Bertz CT molecular complexity index is 722. The lowest BCUT2D eigenvalue weighted by Crippen LogP contribution is -2.44. The Morgan fingerprint density at radius 2 is 1.86 bits per heavy atom. The van der Waals surface area contributed by atoms with E-state index in [-0.39, 0.29) is 17.7 Å². The van der Waals surface area contributed by atoms with E-state index in [1.165, 1.54) is 13.2 Å². The molecule has 1 atom stereocenters. The summed E-state index contributed by atoms with van der Waals surface area (Å²) in [6.07, 6.45) is 1.37. The molecule has 0 aromatic heterocycles. The van der Waals surface area contributed by atoms with Gasteiger partial charge in [0.2, 0.25) is 0 Å². The number of methoxy groups -OCH3 is 1. The van der Waals surface area contributed by atoms with Gasteiger partial charge in [-0.1, -0.05) is 0 Å². The van der Waals surface area contributed by atoms with Crippen molar-refractivity contribution in [3.63, 3.8) is 0 Å². The zero-order valence-corrected chi connectivity index (χ0v) is 17.6. The van der Waals surface area contributed by atoms with Crippen LogP contribution in [0, 0.1) is 18.7 Å². The van der Waals surface area contributed by atoms with Crippen molar-refractivity contribution >= 4 is 17.7 Å². The summed E-state index contributed by atoms with van der Waals surface area (Å²) >= 11 is 0. The van der Waals surface area contributed by atoms with Gasteiger partial charge >= 0.3 is 12.1 Å². The maximum Gasteiger partial charge on any atom is 0.410 e. The van der Waals surface area contributed by atoms with E-state index in [1.54, 1.807) is 17.9 Å². The number of piperidine rings is 1. The minimum atomic E-state index is -0.569. The normalized spacial score (nSPS) is 16.5. The summed E-state index contributed by atoms with van der Waals surface area (Å²) in [5.41, 5.74) is 0.725. The molecule has 1 N–H and O–H groups in total. The minimum absolute atomic E-state index is 0.0618. The number of carbonyl (C=O) groups excluding carboxylic acids is 2. The van der Waals surface area contributed by atoms with Gasteiger partial charge in [0, 0.05) is 30.4 Å². The molecule has 6 nitrogen and oxygen atoms in total. The van der Waals surface area contributed by atoms with Gasteiger partial charge in [-0.25, -0.2) is 14.0 Å². The molecule has 156 valence electrons. The van der Waals surface area contributed by atoms with Crippen LogP contribution < -0.4 is 5.32 Å². The van der Waals surface area contributed by atoms with Crippen molar-refractivity contribution in [3.05, 3.63) is 29.1 Å². The SMILES string of the molecule is COC(=O)c1cc(F)c(C)c(NC(C)C2CCN(C(=O)OC(C)(C)C)CC2)c1. The highest BCUT2D eigenvalue weighted by atomic mass is 19.1. The molecule has 0 bridgehead atoms. The first-order valence-corrected chi connectivity index (χ1v) is 9.64. The molecule has 0 radical (unpaired) electrons. The van der Waals surface area contributed by atoms with Crippen molar-refractivity contribution in [2.75, 3.05) is 25.5 Å². The fourth-order valence-electron chi connectivity index (χ4n) is 3.34. The van der Waals surface area contributed by atoms with Crippen LogP contribution in [0.2, 0.25) is 0 Å². The number of nitrogens with zero attached hydrogens (tertiary/aromatic N) is 1. The van der Waals surface area contributed by atoms with E-state index in [9.17, 15) is 14.0 Å². The Morgan fingerprint density at radius 1 is 1.25 bits per heavy atom. The number of hydrogen-bond donors (Lipinski definition) is 1. The Kier molecular flexibility index (Phi) is 6.91. The van der Waals surface area contributed by atoms with Gasteiger partial charge in [0.05, 0.1) is 12.7 Å². The minimum Gasteiger partial charge on any atom is -0.465 e. The molecule has 2 rings (SSSR count). The molecule has 1 aliphatic rings. The fourth-order valence-corrected chi connectivity index (χ4v) is 3.34. The third-order valence-corrected chi connectivity index (χ3v) is 5.05. The second kappa shape index (κ2) is 8.80. The third-order valence-electron chi connectivity index (χ3n) is 5.05. The van der Waals surface area contributed by atoms with E-state index in [0.29, 0.717) is 30.3 Å². The second-order valence-electron chi connectivity index (χ2n) is 8.36. The van der Waals surface area contributed by atoms with Crippen molar-refractivity contribution in [2.45, 2.75) is 59.1 Å². The van der Waals surface area contributed by atoms with Gasteiger partial charge in [0.1, 0.15) is 11.4 Å². The number of rotatable bonds is 4. The van der Waals surface area contributed by atoms with Gasteiger partial charge in [-0.2, -0.15) is 0 Å². The molecule has 1 heterocycles. The Morgan fingerprint density at radius 3 is 2.39 bits per heavy atom. The quantitative estimate of drug-likeness (QED) is 0.768. The molecule has 1 amide bonds. The monoisotopic (exact) mass is 394 g/mol. The van der Waals surface area contributed by atoms with Crippen molar-refractivity contribution < 1.29 is 23.5 Å². The van der Waals surface area contributed by atoms with E-state index < -0.39 is 17.4 Å². The number of benzene rings is 1. The molecular formula is C21H31FN2O4. The first-order valence-electron chi connectivity index (χ1n) is 9.64. The summed E-state index contributed by atoms with van der Waals surface area (Å²) in [4.78, 5) is 25.7. The van der Waals surface area contributed by atoms with Gasteiger partial charge in [-0.05, 0) is 65.5 Å². The summed E-state index contributed by atoms with van der Waals surface area (Å²) in [5.74, 6) is -0.694. The maximum atomic E-state index is 14.2. The van der Waals surface area contributed by atoms with Gasteiger partial charge in [-0.15, -0.1) is 0 Å². The Labute approximate surface area is 166 Å². The van der Waals surface area contributed by atoms with Gasteiger partial charge in [0.25, 0.3) is 0 Å². The van der Waals surface area contributed by atoms with Crippen molar-refractivity contribution in [1.29, 1.82) is 0 Å². The number of likely N-dealkylation sites (tertiary alicyclic amines) is 1. The molecule has 1 aromatic carbocycles. The number of ether oxygens (including phenoxy) is 2. The number of esters is 1. The van der Waals surface area contributed by atoms with Crippen molar-refractivity contribution in [1.82, 2.24) is 4.90 Å². The first kappa shape index (κ1) is 22.0. The summed E-state index contributed by atoms with van der Waals surface area (Å²) < 4.78 is 24.3. The topological polar surface area (TPSA) is 67.9 Å². The number of hydrogen-bond acceptors (Lipinski definition) is 5. The van der Waals surface area contributed by atoms with Crippen LogP contribution >= 0.6 is 0 Å². The molecular weight excluding hydrogens is 363 g/mol. The van der Waals surface area contributed by atoms with Crippen LogP contribution in [0.15, 0.2) is 12.1 Å². The van der Waals surface area contributed by atoms with Gasteiger partial charge < -0.3 is 19.7 Å². The smallest absolute Gasteiger partial charge is 0.410 e. The standard InChI is InChI=1S/C21H31FN2O4/c1-13-17(22)11-16(19(25)27-6)12-18(13)23-14(2)15-7-9-24(10-8-15)20(26)28-21(3,4)5/h11-12,14-15,23H,7-10H2,1-6H3. The average Bonchev–Trinajstić information content (AvgIpc) is 2.63. The third kappa shape index (κ3) is 5.59. The van der Waals surface area contributed by atoms with Crippen LogP contribution in [0.25, 0.3) is 0 Å². The van der Waals surface area contributed by atoms with Crippen LogP contribution in [-0.4, -0.2) is 48.8 Å². The molecule has 7 heteroatoms. The maximum absolute atomic E-state index is 14.2. The molecule has 1 aliphatic heterocycles. The van der Waals surface area contributed by atoms with Crippen LogP contribution in [-0.2, 0) is 9.47 Å². The number of halogens is 1. The molecule has 1 saturated heterocycles. The summed E-state index contributed by atoms with van der Waals surface area (Å²) in [5, 5.41) is 3.34. The summed E-state index contributed by atoms with van der Waals surface area (Å²) in [7, 11) is 1.27. The lowest BCUT2D eigenvalue weighted by Gasteiger charge is -2.36. The zero-order valence-electron chi connectivity index (χ0n) is 17.6. The molecule has 1 unspecified atom stereocenters. The highest BCUT2D eigenvalue weighted by molar-refractivity contribution is 5.90. The van der Waals surface area contributed by atoms with Crippen molar-refractivity contribution in [2.24, 2.45) is 5.92 Å². The molecule has 1 fully saturated rings. The average molecular weight is 394 g/mol. The lowest BCUT2D eigenvalue weighted by molar-refractivity contribution is 0.0179. The number of amides is 1. The predicted octanol–water partition coefficient (Wildman–Crippen LogP) is 4.37. The van der Waals surface area contributed by atoms with E-state index in [2.05, 4.69) is 5.32 Å². The van der Waals surface area contributed by atoms with E-state index >= 15 is 0 Å². The van der Waals surface area contributed by atoms with E-state index in [4.69, 9.17) is 9.47 Å². The van der Waals surface area contributed by atoms with Gasteiger partial charge in [-0.3, -0.25) is 0 Å². The summed E-state index contributed by atoms with van der Waals surface area (Å²) in [6, 6.07) is 2.87. The second-order valence-corrected chi connectivity index (χ2v) is 8.36. The van der Waals surface area contributed by atoms with Crippen LogP contribution in [0.3, 0.4) is 0 Å². The van der Waals surface area contributed by atoms with Crippen LogP contribution in [0.1, 0.15) is 56.5 Å². The van der Waals surface area contributed by atoms with Crippen molar-refractivity contribution in [3.8, 4) is 0 Å². The van der Waals surface area contributed by atoms with Crippen LogP contribution in [0.5, 0.6) is 0 Å². The Hall–Kier alpha value is -2.31. The first-order chi connectivity index (χ1) is 13.0. The highest BCUT2D eigenvalue weighted by Gasteiger charge is 2.29. The van der Waals surface area contributed by atoms with E-state index in [1.807, 2.05) is 27.7 Å². The number of carbonyl (C=O) groups is 2. The molecule has 1 aromatic rings. The number of nitrogens with one attached hydrogen (secondary N) is 1. The zero-order chi connectivity index (χ0) is 21.1. The molecule has 0 aliphatic carbocycles. The lowest BCUT2D eigenvalue weighted by atomic mass is 9.90. The molecule has 0 saturated carbocycles. The Balaban J connectivity index is 1.99. The molecule has 0 spiro atoms. The number of anilines is 1. The largest absolute Gasteiger partial charge is 0.465 e. The van der Waals surface area contributed by atoms with E-state index in [0.717, 1.165) is 12.8 Å². The van der Waals surface area contributed by atoms with Gasteiger partial charge in [0.15, 0.2) is 0 Å². The summed E-state index contributed by atoms with van der Waals surface area (Å²) in [6.45, 7) is 10.5. The highest BCUT2D eigenvalue weighted by Crippen LogP contribution is 2.27. The fraction of sp³-hybridized carbons (Fsp3) is 0.619. The van der Waals surface area contributed by atoms with Crippen LogP contribution in [0.4, 0.5) is 14.9 Å².